The Balaban J connectivity index is 2.32. The second-order valence-electron chi connectivity index (χ2n) is 3.54. The molecule has 1 aromatic carbocycles. The van der Waals surface area contributed by atoms with Crippen molar-refractivity contribution >= 4 is 17.3 Å². The van der Waals surface area contributed by atoms with Gasteiger partial charge in [-0.15, -0.1) is 0 Å². The summed E-state index contributed by atoms with van der Waals surface area (Å²) in [6, 6.07) is 7.30. The predicted molar refractivity (Wildman–Crippen MR) is 59.2 cm³/mol. The Labute approximate surface area is 88.5 Å². The molecule has 0 aliphatic carbocycles. The molecular formula is C10H13ClN2O. The van der Waals surface area contributed by atoms with Crippen LogP contribution in [0.1, 0.15) is 0 Å². The Morgan fingerprint density at radius 1 is 1.21 bits per heavy atom. The standard InChI is InChI=1S/C10H13ClN2O/c11-9-3-1-2-4-10(9)13(14)7-5-12-6-8-13/h1-4,12H,5-8H2. The number of nitrogens with zero attached hydrogens (tertiary/aromatic N) is 1. The summed E-state index contributed by atoms with van der Waals surface area (Å²) >= 11 is 6.01. The number of quaternary nitrogens is 1. The number of hydroxylamine groups is 2. The summed E-state index contributed by atoms with van der Waals surface area (Å²) in [4.78, 5) is 0. The largest absolute Gasteiger partial charge is 0.627 e. The van der Waals surface area contributed by atoms with E-state index in [0.717, 1.165) is 13.1 Å². The molecule has 0 unspecified atom stereocenters. The molecule has 0 atom stereocenters. The molecule has 1 aliphatic rings. The highest BCUT2D eigenvalue weighted by Gasteiger charge is 2.25. The summed E-state index contributed by atoms with van der Waals surface area (Å²) in [6.07, 6.45) is 0. The first-order chi connectivity index (χ1) is 6.72. The van der Waals surface area contributed by atoms with Gasteiger partial charge in [-0.25, -0.2) is 0 Å². The minimum atomic E-state index is -0.299. The maximum atomic E-state index is 12.4. The van der Waals surface area contributed by atoms with Gasteiger partial charge in [-0.05, 0) is 6.07 Å². The quantitative estimate of drug-likeness (QED) is 0.569. The summed E-state index contributed by atoms with van der Waals surface area (Å²) in [6.45, 7) is 2.64. The lowest BCUT2D eigenvalue weighted by Crippen LogP contribution is -2.55. The Kier molecular flexibility index (Phi) is 2.74. The van der Waals surface area contributed by atoms with E-state index in [0.29, 0.717) is 23.8 Å². The van der Waals surface area contributed by atoms with Crippen LogP contribution in [0.4, 0.5) is 5.69 Å². The van der Waals surface area contributed by atoms with E-state index in [-0.39, 0.29) is 4.65 Å². The van der Waals surface area contributed by atoms with Gasteiger partial charge in [-0.1, -0.05) is 23.7 Å². The molecule has 0 aromatic heterocycles. The zero-order valence-corrected chi connectivity index (χ0v) is 8.63. The van der Waals surface area contributed by atoms with E-state index in [2.05, 4.69) is 5.32 Å². The van der Waals surface area contributed by atoms with Gasteiger partial charge in [0.15, 0.2) is 5.69 Å². The minimum absolute atomic E-state index is 0.299. The van der Waals surface area contributed by atoms with Crippen molar-refractivity contribution in [2.45, 2.75) is 0 Å². The van der Waals surface area contributed by atoms with Crippen molar-refractivity contribution in [3.8, 4) is 0 Å². The third-order valence-corrected chi connectivity index (χ3v) is 2.91. The number of rotatable bonds is 1. The van der Waals surface area contributed by atoms with Gasteiger partial charge >= 0.3 is 0 Å². The van der Waals surface area contributed by atoms with Crippen molar-refractivity contribution in [1.82, 2.24) is 9.96 Å². The maximum absolute atomic E-state index is 12.4. The smallest absolute Gasteiger partial charge is 0.151 e. The van der Waals surface area contributed by atoms with Crippen LogP contribution in [0, 0.1) is 5.21 Å². The molecule has 14 heavy (non-hydrogen) atoms. The molecule has 76 valence electrons. The van der Waals surface area contributed by atoms with Gasteiger partial charge in [-0.2, -0.15) is 0 Å². The van der Waals surface area contributed by atoms with E-state index >= 15 is 0 Å². The third-order valence-electron chi connectivity index (χ3n) is 2.59. The molecule has 1 heterocycles. The molecule has 2 rings (SSSR count). The van der Waals surface area contributed by atoms with E-state index in [1.54, 1.807) is 6.07 Å². The molecule has 0 saturated carbocycles. The van der Waals surface area contributed by atoms with Crippen LogP contribution in [0.3, 0.4) is 0 Å². The van der Waals surface area contributed by atoms with Crippen molar-refractivity contribution < 1.29 is 0 Å². The first kappa shape index (κ1) is 9.93. The monoisotopic (exact) mass is 212 g/mol. The van der Waals surface area contributed by atoms with Gasteiger partial charge < -0.3 is 15.2 Å². The third kappa shape index (κ3) is 1.77. The predicted octanol–water partition coefficient (Wildman–Crippen LogP) is 1.75. The minimum Gasteiger partial charge on any atom is -0.627 e. The molecule has 0 radical (unpaired) electrons. The average molecular weight is 213 g/mol. The molecule has 3 nitrogen and oxygen atoms in total. The maximum Gasteiger partial charge on any atom is 0.151 e. The van der Waals surface area contributed by atoms with Gasteiger partial charge in [0.2, 0.25) is 0 Å². The van der Waals surface area contributed by atoms with Crippen LogP contribution >= 0.6 is 11.6 Å². The fourth-order valence-electron chi connectivity index (χ4n) is 1.78. The lowest BCUT2D eigenvalue weighted by Gasteiger charge is -2.45. The van der Waals surface area contributed by atoms with Crippen LogP contribution in [0.5, 0.6) is 0 Å². The number of hydrogen-bond donors (Lipinski definition) is 1. The Morgan fingerprint density at radius 2 is 1.86 bits per heavy atom. The van der Waals surface area contributed by atoms with Crippen LogP contribution in [0.25, 0.3) is 0 Å². The van der Waals surface area contributed by atoms with Gasteiger partial charge in [0.25, 0.3) is 0 Å². The Bertz CT molecular complexity index is 324. The first-order valence-electron chi connectivity index (χ1n) is 4.76. The van der Waals surface area contributed by atoms with Crippen molar-refractivity contribution in [2.75, 3.05) is 26.2 Å². The zero-order chi connectivity index (χ0) is 10.0. The fraction of sp³-hybridized carbons (Fsp3) is 0.400. The normalized spacial score (nSPS) is 20.7. The molecule has 1 aliphatic heterocycles. The summed E-state index contributed by atoms with van der Waals surface area (Å²) in [5.41, 5.74) is 0.690. The molecule has 0 spiro atoms. The topological polar surface area (TPSA) is 35.1 Å². The van der Waals surface area contributed by atoms with Gasteiger partial charge in [0.05, 0.1) is 13.1 Å². The number of nitrogens with one attached hydrogen (secondary N) is 1. The summed E-state index contributed by atoms with van der Waals surface area (Å²) in [5, 5.41) is 16.1. The van der Waals surface area contributed by atoms with Crippen molar-refractivity contribution in [3.05, 3.63) is 34.5 Å². The van der Waals surface area contributed by atoms with Crippen LogP contribution in [0.2, 0.25) is 5.02 Å². The molecule has 1 aromatic rings. The number of halogens is 1. The number of hydrogen-bond acceptors (Lipinski definition) is 2. The Hall–Kier alpha value is -0.610. The van der Waals surface area contributed by atoms with E-state index in [1.807, 2.05) is 18.2 Å². The van der Waals surface area contributed by atoms with Crippen LogP contribution in [0.15, 0.2) is 24.3 Å². The molecule has 0 amide bonds. The van der Waals surface area contributed by atoms with Gasteiger partial charge in [0.1, 0.15) is 5.02 Å². The molecular weight excluding hydrogens is 200 g/mol. The summed E-state index contributed by atoms with van der Waals surface area (Å²) < 4.78 is -0.299. The molecule has 1 N–H and O–H groups in total. The van der Waals surface area contributed by atoms with Crippen molar-refractivity contribution in [1.29, 1.82) is 0 Å². The molecule has 4 heteroatoms. The number of benzene rings is 1. The van der Waals surface area contributed by atoms with Crippen molar-refractivity contribution in [2.24, 2.45) is 0 Å². The van der Waals surface area contributed by atoms with Crippen LogP contribution in [-0.4, -0.2) is 26.2 Å². The fourth-order valence-corrected chi connectivity index (χ4v) is 2.07. The second-order valence-corrected chi connectivity index (χ2v) is 3.95. The highest BCUT2D eigenvalue weighted by molar-refractivity contribution is 6.33. The molecule has 1 saturated heterocycles. The van der Waals surface area contributed by atoms with Crippen LogP contribution in [-0.2, 0) is 0 Å². The second kappa shape index (κ2) is 3.87. The highest BCUT2D eigenvalue weighted by Crippen LogP contribution is 2.30. The van der Waals surface area contributed by atoms with E-state index in [1.165, 1.54) is 0 Å². The zero-order valence-electron chi connectivity index (χ0n) is 7.87. The first-order valence-corrected chi connectivity index (χ1v) is 5.14. The highest BCUT2D eigenvalue weighted by atomic mass is 35.5. The van der Waals surface area contributed by atoms with Crippen LogP contribution < -0.4 is 9.96 Å². The average Bonchev–Trinajstić information content (AvgIpc) is 2.19. The number of piperazine rings is 1. The summed E-state index contributed by atoms with van der Waals surface area (Å²) in [7, 11) is 0. The molecule has 1 fully saturated rings. The van der Waals surface area contributed by atoms with E-state index in [9.17, 15) is 5.21 Å². The SMILES string of the molecule is [O-][N+]1(c2ccccc2Cl)CCNCC1. The van der Waals surface area contributed by atoms with Gasteiger partial charge in [0, 0.05) is 19.2 Å². The van der Waals surface area contributed by atoms with E-state index in [4.69, 9.17) is 11.6 Å². The lowest BCUT2D eigenvalue weighted by atomic mass is 10.2. The number of para-hydroxylation sites is 1. The Morgan fingerprint density at radius 3 is 2.50 bits per heavy atom. The van der Waals surface area contributed by atoms with Gasteiger partial charge in [-0.3, -0.25) is 0 Å². The summed E-state index contributed by atoms with van der Waals surface area (Å²) in [5.74, 6) is 0. The van der Waals surface area contributed by atoms with E-state index < -0.39 is 0 Å². The molecule has 0 bridgehead atoms. The van der Waals surface area contributed by atoms with Crippen molar-refractivity contribution in [3.63, 3.8) is 0 Å². The lowest BCUT2D eigenvalue weighted by molar-refractivity contribution is 0.321.